The van der Waals surface area contributed by atoms with E-state index >= 15 is 0 Å². The molecule has 0 heterocycles. The van der Waals surface area contributed by atoms with Gasteiger partial charge in [-0.1, -0.05) is 12.1 Å². The van der Waals surface area contributed by atoms with Crippen molar-refractivity contribution < 1.29 is 14.6 Å². The minimum atomic E-state index is -0.647. The predicted molar refractivity (Wildman–Crippen MR) is 74.4 cm³/mol. The molecule has 0 aliphatic carbocycles. The average Bonchev–Trinajstić information content (AvgIpc) is 2.33. The Hall–Kier alpha value is -1.12. The summed E-state index contributed by atoms with van der Waals surface area (Å²) in [5.41, 5.74) is 0.492. The summed E-state index contributed by atoms with van der Waals surface area (Å²) < 4.78 is 5.28. The minimum Gasteiger partial charge on any atom is -0.484 e. The highest BCUT2D eigenvalue weighted by atomic mass is 31.0. The van der Waals surface area contributed by atoms with Crippen LogP contribution < -0.4 is 9.82 Å². The van der Waals surface area contributed by atoms with E-state index < -0.39 is 5.60 Å². The zero-order valence-corrected chi connectivity index (χ0v) is 11.9. The summed E-state index contributed by atoms with van der Waals surface area (Å²) in [4.78, 5) is 11.0. The topological polar surface area (TPSA) is 58.6 Å². The highest BCUT2D eigenvalue weighted by Gasteiger charge is 2.11. The number of carbonyl (C=O) groups excluding carboxylic acids is 1. The molecule has 0 bridgehead atoms. The van der Waals surface area contributed by atoms with Crippen molar-refractivity contribution >= 4 is 15.3 Å². The minimum absolute atomic E-state index is 0.00647. The number of ether oxygens (including phenoxy) is 1. The van der Waals surface area contributed by atoms with Gasteiger partial charge in [-0.2, -0.15) is 0 Å². The molecule has 2 N–H and O–H groups in total. The quantitative estimate of drug-likeness (QED) is 0.772. The summed E-state index contributed by atoms with van der Waals surface area (Å²) in [5.74, 6) is 0.474. The third-order valence-electron chi connectivity index (χ3n) is 2.48. The van der Waals surface area contributed by atoms with Gasteiger partial charge in [0, 0.05) is 0 Å². The van der Waals surface area contributed by atoms with E-state index in [4.69, 9.17) is 4.74 Å². The fourth-order valence-electron chi connectivity index (χ4n) is 1.39. The van der Waals surface area contributed by atoms with Crippen LogP contribution in [0.3, 0.4) is 0 Å². The number of hydrogen-bond acceptors (Lipinski definition) is 3. The number of hydrogen-bond donors (Lipinski definition) is 2. The number of aryl methyl sites for hydroxylation is 1. The number of aliphatic hydroxyl groups is 1. The Labute approximate surface area is 110 Å². The summed E-state index contributed by atoms with van der Waals surface area (Å²) in [6.07, 6.45) is 1.53. The Morgan fingerprint density at radius 2 is 2.00 bits per heavy atom. The van der Waals surface area contributed by atoms with Crippen LogP contribution in [0.4, 0.5) is 0 Å². The lowest BCUT2D eigenvalue weighted by Gasteiger charge is -2.16. The number of benzene rings is 1. The van der Waals surface area contributed by atoms with Crippen LogP contribution in [-0.2, 0) is 11.2 Å². The molecule has 1 atom stereocenters. The van der Waals surface area contributed by atoms with E-state index in [-0.39, 0.29) is 12.5 Å². The van der Waals surface area contributed by atoms with E-state index in [1.165, 1.54) is 0 Å². The second-order valence-corrected chi connectivity index (χ2v) is 5.10. The summed E-state index contributed by atoms with van der Waals surface area (Å²) in [6, 6.07) is 7.55. The van der Waals surface area contributed by atoms with Crippen molar-refractivity contribution in [3.63, 3.8) is 0 Å². The molecule has 100 valence electrons. The molecule has 0 aliphatic rings. The van der Waals surface area contributed by atoms with Crippen molar-refractivity contribution in [2.24, 2.45) is 0 Å². The molecule has 0 saturated carbocycles. The molecular formula is C13H20NO3P. The SMILES string of the molecule is CC(C)(O)CCc1ccc(OCC(=O)NP)cc1. The molecule has 1 unspecified atom stereocenters. The molecule has 0 fully saturated rings. The van der Waals surface area contributed by atoms with Crippen LogP contribution in [0.2, 0.25) is 0 Å². The van der Waals surface area contributed by atoms with Crippen molar-refractivity contribution in [2.45, 2.75) is 32.3 Å². The fraction of sp³-hybridized carbons (Fsp3) is 0.462. The average molecular weight is 269 g/mol. The number of amides is 1. The highest BCUT2D eigenvalue weighted by Crippen LogP contribution is 2.16. The van der Waals surface area contributed by atoms with Gasteiger partial charge in [-0.15, -0.1) is 0 Å². The van der Waals surface area contributed by atoms with Gasteiger partial charge in [0.2, 0.25) is 0 Å². The molecule has 1 aromatic carbocycles. The van der Waals surface area contributed by atoms with Crippen LogP contribution in [0.15, 0.2) is 24.3 Å². The van der Waals surface area contributed by atoms with E-state index in [0.717, 1.165) is 12.0 Å². The maximum atomic E-state index is 11.0. The van der Waals surface area contributed by atoms with Crippen LogP contribution >= 0.6 is 9.39 Å². The van der Waals surface area contributed by atoms with Crippen LogP contribution in [0.1, 0.15) is 25.8 Å². The van der Waals surface area contributed by atoms with Gasteiger partial charge in [0.25, 0.3) is 5.91 Å². The Morgan fingerprint density at radius 1 is 1.39 bits per heavy atom. The molecule has 0 saturated heterocycles. The fourth-order valence-corrected chi connectivity index (χ4v) is 1.48. The van der Waals surface area contributed by atoms with Gasteiger partial charge in [0.05, 0.1) is 5.60 Å². The van der Waals surface area contributed by atoms with E-state index in [0.29, 0.717) is 12.2 Å². The molecule has 5 heteroatoms. The van der Waals surface area contributed by atoms with Gasteiger partial charge in [-0.25, -0.2) is 0 Å². The number of carbonyl (C=O) groups is 1. The lowest BCUT2D eigenvalue weighted by atomic mass is 9.99. The summed E-state index contributed by atoms with van der Waals surface area (Å²) in [5, 5.41) is 12.0. The van der Waals surface area contributed by atoms with E-state index in [1.807, 2.05) is 24.3 Å². The zero-order chi connectivity index (χ0) is 13.6. The van der Waals surface area contributed by atoms with Crippen molar-refractivity contribution in [1.82, 2.24) is 5.09 Å². The Morgan fingerprint density at radius 3 is 2.50 bits per heavy atom. The van der Waals surface area contributed by atoms with Crippen molar-refractivity contribution in [3.8, 4) is 5.75 Å². The van der Waals surface area contributed by atoms with Crippen LogP contribution in [0.5, 0.6) is 5.75 Å². The van der Waals surface area contributed by atoms with E-state index in [1.54, 1.807) is 13.8 Å². The molecule has 4 nitrogen and oxygen atoms in total. The first kappa shape index (κ1) is 14.9. The summed E-state index contributed by atoms with van der Waals surface area (Å²) in [6.45, 7) is 3.60. The lowest BCUT2D eigenvalue weighted by molar-refractivity contribution is -0.121. The molecule has 0 aromatic heterocycles. The molecule has 0 aliphatic heterocycles. The molecule has 1 aromatic rings. The van der Waals surface area contributed by atoms with E-state index in [9.17, 15) is 9.90 Å². The second kappa shape index (κ2) is 6.72. The van der Waals surface area contributed by atoms with Gasteiger partial charge in [0.15, 0.2) is 6.61 Å². The van der Waals surface area contributed by atoms with Gasteiger partial charge < -0.3 is 14.9 Å². The van der Waals surface area contributed by atoms with Crippen molar-refractivity contribution in [3.05, 3.63) is 29.8 Å². The normalized spacial score (nSPS) is 11.1. The largest absolute Gasteiger partial charge is 0.484 e. The molecule has 18 heavy (non-hydrogen) atoms. The monoisotopic (exact) mass is 269 g/mol. The van der Waals surface area contributed by atoms with Gasteiger partial charge in [-0.05, 0) is 53.8 Å². The maximum absolute atomic E-state index is 11.0. The highest BCUT2D eigenvalue weighted by molar-refractivity contribution is 7.15. The third-order valence-corrected chi connectivity index (χ3v) is 2.80. The molecule has 0 radical (unpaired) electrons. The summed E-state index contributed by atoms with van der Waals surface area (Å²) in [7, 11) is 2.14. The standard InChI is InChI=1S/C13H20NO3P/c1-13(2,16)8-7-10-3-5-11(6-4-10)17-9-12(15)14-18/h3-6,16H,7-9,18H2,1-2H3,(H,14,15). The number of nitrogens with one attached hydrogen (secondary N) is 1. The third kappa shape index (κ3) is 5.99. The summed E-state index contributed by atoms with van der Waals surface area (Å²) >= 11 is 0. The molecular weight excluding hydrogens is 249 g/mol. The van der Waals surface area contributed by atoms with E-state index in [2.05, 4.69) is 14.5 Å². The van der Waals surface area contributed by atoms with Gasteiger partial charge in [-0.3, -0.25) is 4.79 Å². The van der Waals surface area contributed by atoms with Crippen LogP contribution in [-0.4, -0.2) is 23.2 Å². The van der Waals surface area contributed by atoms with Crippen LogP contribution in [0.25, 0.3) is 0 Å². The van der Waals surface area contributed by atoms with Gasteiger partial charge in [0.1, 0.15) is 5.75 Å². The first-order valence-electron chi connectivity index (χ1n) is 5.84. The maximum Gasteiger partial charge on any atom is 0.260 e. The van der Waals surface area contributed by atoms with Crippen molar-refractivity contribution in [1.29, 1.82) is 0 Å². The lowest BCUT2D eigenvalue weighted by Crippen LogP contribution is -2.20. The number of rotatable bonds is 6. The Kier molecular flexibility index (Phi) is 5.57. The molecule has 1 rings (SSSR count). The predicted octanol–water partition coefficient (Wildman–Crippen LogP) is 1.68. The molecule has 0 spiro atoms. The van der Waals surface area contributed by atoms with Gasteiger partial charge >= 0.3 is 0 Å². The van der Waals surface area contributed by atoms with Crippen LogP contribution in [0, 0.1) is 0 Å². The Balaban J connectivity index is 2.45. The molecule has 1 amide bonds. The van der Waals surface area contributed by atoms with Crippen molar-refractivity contribution in [2.75, 3.05) is 6.61 Å². The smallest absolute Gasteiger partial charge is 0.260 e. The second-order valence-electron chi connectivity index (χ2n) is 4.81. The Bertz CT molecular complexity index is 384. The zero-order valence-electron chi connectivity index (χ0n) is 10.8. The first-order chi connectivity index (χ1) is 8.40. The first-order valence-corrected chi connectivity index (χ1v) is 6.42.